The second kappa shape index (κ2) is 7.20. The van der Waals surface area contributed by atoms with Crippen molar-refractivity contribution in [3.05, 3.63) is 54.1 Å². The third-order valence-corrected chi connectivity index (χ3v) is 8.48. The average molecular weight is 398 g/mol. The van der Waals surface area contributed by atoms with E-state index in [1.54, 1.807) is 36.4 Å². The molecule has 1 aliphatic carbocycles. The minimum absolute atomic E-state index is 0.153. The van der Waals surface area contributed by atoms with Gasteiger partial charge in [0.15, 0.2) is 0 Å². The van der Waals surface area contributed by atoms with E-state index in [0.717, 1.165) is 25.3 Å². The smallest absolute Gasteiger partial charge is 0.206 e. The number of fused-ring (bicyclic) bond motifs is 3. The number of benzene rings is 2. The molecule has 28 heavy (non-hydrogen) atoms. The van der Waals surface area contributed by atoms with Gasteiger partial charge >= 0.3 is 0 Å². The molecule has 3 aliphatic rings. The first-order valence-corrected chi connectivity index (χ1v) is 12.0. The highest BCUT2D eigenvalue weighted by molar-refractivity contribution is 7.91. The lowest BCUT2D eigenvalue weighted by molar-refractivity contribution is 0.0506. The molecule has 0 amide bonds. The van der Waals surface area contributed by atoms with Crippen LogP contribution < -0.4 is 4.74 Å². The van der Waals surface area contributed by atoms with Crippen LogP contribution in [0.5, 0.6) is 5.75 Å². The van der Waals surface area contributed by atoms with Crippen LogP contribution >= 0.6 is 0 Å². The zero-order chi connectivity index (χ0) is 19.1. The summed E-state index contributed by atoms with van der Waals surface area (Å²) in [7, 11) is -3.51. The fourth-order valence-corrected chi connectivity index (χ4v) is 6.48. The van der Waals surface area contributed by atoms with Crippen molar-refractivity contribution in [3.8, 4) is 5.75 Å². The molecule has 2 fully saturated rings. The van der Waals surface area contributed by atoms with Crippen LogP contribution in [0.1, 0.15) is 50.0 Å². The number of ether oxygens (including phenoxy) is 1. The monoisotopic (exact) mass is 397 g/mol. The normalized spacial score (nSPS) is 25.7. The zero-order valence-corrected chi connectivity index (χ0v) is 16.9. The largest absolute Gasteiger partial charge is 0.488 e. The van der Waals surface area contributed by atoms with Crippen molar-refractivity contribution in [1.82, 2.24) is 4.90 Å². The predicted molar refractivity (Wildman–Crippen MR) is 109 cm³/mol. The minimum Gasteiger partial charge on any atom is -0.488 e. The summed E-state index contributed by atoms with van der Waals surface area (Å²) in [6.07, 6.45) is 7.93. The lowest BCUT2D eigenvalue weighted by Crippen LogP contribution is -2.48. The molecule has 1 saturated heterocycles. The topological polar surface area (TPSA) is 46.6 Å². The Kier molecular flexibility index (Phi) is 4.68. The number of hydrogen-bond acceptors (Lipinski definition) is 4. The van der Waals surface area contributed by atoms with Crippen molar-refractivity contribution in [2.24, 2.45) is 0 Å². The van der Waals surface area contributed by atoms with Crippen molar-refractivity contribution < 1.29 is 13.2 Å². The van der Waals surface area contributed by atoms with E-state index in [2.05, 4.69) is 4.90 Å². The first-order valence-electron chi connectivity index (χ1n) is 10.5. The van der Waals surface area contributed by atoms with Crippen LogP contribution in [0.2, 0.25) is 0 Å². The first kappa shape index (κ1) is 18.2. The maximum Gasteiger partial charge on any atom is 0.206 e. The Labute approximate surface area is 167 Å². The summed E-state index contributed by atoms with van der Waals surface area (Å²) in [6, 6.07) is 14.8. The number of rotatable bonds is 3. The second-order valence-corrected chi connectivity index (χ2v) is 10.3. The molecule has 2 unspecified atom stereocenters. The van der Waals surface area contributed by atoms with Gasteiger partial charge in [0, 0.05) is 24.1 Å². The molecular weight excluding hydrogens is 370 g/mol. The Bertz CT molecular complexity index is 951. The maximum atomic E-state index is 12.9. The molecule has 5 rings (SSSR count). The number of hydrogen-bond donors (Lipinski definition) is 0. The first-order chi connectivity index (χ1) is 13.6. The standard InChI is InChI=1S/C23H27NO3S/c25-28(26,18-9-5-2-6-10-18)19-11-12-20-21-13-14-24(17-7-3-1-4-8-17)16-23(21)27-22(20)15-19/h2,5-6,9-12,15,17,21,23H,1,3-4,7-8,13-14,16H2. The third kappa shape index (κ3) is 3.15. The maximum absolute atomic E-state index is 12.9. The SMILES string of the molecule is O=S(=O)(c1ccccc1)c1ccc2c(c1)OC1CN(C3CCCCC3)CCC21. The van der Waals surface area contributed by atoms with Gasteiger partial charge in [-0.25, -0.2) is 8.42 Å². The van der Waals surface area contributed by atoms with E-state index in [4.69, 9.17) is 4.74 Å². The molecule has 2 aliphatic heterocycles. The quantitative estimate of drug-likeness (QED) is 0.770. The molecule has 0 spiro atoms. The summed E-state index contributed by atoms with van der Waals surface area (Å²) in [6.45, 7) is 2.09. The summed E-state index contributed by atoms with van der Waals surface area (Å²) < 4.78 is 32.2. The lowest BCUT2D eigenvalue weighted by atomic mass is 9.86. The van der Waals surface area contributed by atoms with E-state index in [0.29, 0.717) is 21.8 Å². The van der Waals surface area contributed by atoms with E-state index >= 15 is 0 Å². The van der Waals surface area contributed by atoms with Crippen molar-refractivity contribution >= 4 is 9.84 Å². The summed E-state index contributed by atoms with van der Waals surface area (Å²) in [4.78, 5) is 3.27. The molecule has 5 heteroatoms. The van der Waals surface area contributed by atoms with Crippen molar-refractivity contribution in [3.63, 3.8) is 0 Å². The molecular formula is C23H27NO3S. The highest BCUT2D eigenvalue weighted by Gasteiger charge is 2.41. The summed E-state index contributed by atoms with van der Waals surface area (Å²) in [5, 5.41) is 0. The predicted octanol–water partition coefficient (Wildman–Crippen LogP) is 4.40. The van der Waals surface area contributed by atoms with Gasteiger partial charge in [-0.05, 0) is 50.1 Å². The van der Waals surface area contributed by atoms with Crippen molar-refractivity contribution in [2.45, 2.75) is 66.4 Å². The third-order valence-electron chi connectivity index (χ3n) is 6.71. The van der Waals surface area contributed by atoms with Gasteiger partial charge in [0.2, 0.25) is 9.84 Å². The fourth-order valence-electron chi connectivity index (χ4n) is 5.18. The van der Waals surface area contributed by atoms with E-state index in [1.807, 2.05) is 12.1 Å². The van der Waals surface area contributed by atoms with Gasteiger partial charge in [0.1, 0.15) is 11.9 Å². The Morgan fingerprint density at radius 3 is 2.46 bits per heavy atom. The van der Waals surface area contributed by atoms with E-state index < -0.39 is 9.84 Å². The Hall–Kier alpha value is -1.85. The van der Waals surface area contributed by atoms with Gasteiger partial charge in [0.25, 0.3) is 0 Å². The van der Waals surface area contributed by atoms with Gasteiger partial charge in [-0.3, -0.25) is 4.90 Å². The Morgan fingerprint density at radius 2 is 1.68 bits per heavy atom. The molecule has 4 nitrogen and oxygen atoms in total. The highest BCUT2D eigenvalue weighted by Crippen LogP contribution is 2.44. The van der Waals surface area contributed by atoms with Gasteiger partial charge in [-0.1, -0.05) is 43.5 Å². The molecule has 0 bridgehead atoms. The average Bonchev–Trinajstić information content (AvgIpc) is 3.12. The Balaban J connectivity index is 1.37. The van der Waals surface area contributed by atoms with Crippen LogP contribution in [0.3, 0.4) is 0 Å². The van der Waals surface area contributed by atoms with Crippen LogP contribution in [0.4, 0.5) is 0 Å². The molecule has 2 atom stereocenters. The van der Waals surface area contributed by atoms with Crippen LogP contribution in [-0.4, -0.2) is 38.6 Å². The minimum atomic E-state index is -3.51. The molecule has 2 aromatic carbocycles. The molecule has 2 aromatic rings. The molecule has 1 saturated carbocycles. The van der Waals surface area contributed by atoms with Crippen LogP contribution in [-0.2, 0) is 9.84 Å². The number of sulfone groups is 1. The van der Waals surface area contributed by atoms with E-state index in [-0.39, 0.29) is 6.10 Å². The van der Waals surface area contributed by atoms with E-state index in [9.17, 15) is 8.42 Å². The summed E-state index contributed by atoms with van der Waals surface area (Å²) >= 11 is 0. The highest BCUT2D eigenvalue weighted by atomic mass is 32.2. The van der Waals surface area contributed by atoms with Crippen molar-refractivity contribution in [2.75, 3.05) is 13.1 Å². The lowest BCUT2D eigenvalue weighted by Gasteiger charge is -2.40. The number of piperidine rings is 1. The molecule has 0 aromatic heterocycles. The van der Waals surface area contributed by atoms with Crippen LogP contribution in [0.15, 0.2) is 58.3 Å². The van der Waals surface area contributed by atoms with Gasteiger partial charge in [0.05, 0.1) is 9.79 Å². The molecule has 2 heterocycles. The van der Waals surface area contributed by atoms with E-state index in [1.165, 1.54) is 37.7 Å². The summed E-state index contributed by atoms with van der Waals surface area (Å²) in [5.74, 6) is 1.15. The molecule has 148 valence electrons. The number of nitrogens with zero attached hydrogens (tertiary/aromatic N) is 1. The molecule has 0 radical (unpaired) electrons. The molecule has 0 N–H and O–H groups in total. The summed E-state index contributed by atoms with van der Waals surface area (Å²) in [5.41, 5.74) is 1.18. The fraction of sp³-hybridized carbons (Fsp3) is 0.478. The van der Waals surface area contributed by atoms with Crippen LogP contribution in [0, 0.1) is 0 Å². The van der Waals surface area contributed by atoms with Gasteiger partial charge in [-0.15, -0.1) is 0 Å². The Morgan fingerprint density at radius 1 is 0.893 bits per heavy atom. The van der Waals surface area contributed by atoms with Crippen LogP contribution in [0.25, 0.3) is 0 Å². The van der Waals surface area contributed by atoms with Gasteiger partial charge < -0.3 is 4.74 Å². The van der Waals surface area contributed by atoms with Gasteiger partial charge in [-0.2, -0.15) is 0 Å². The zero-order valence-electron chi connectivity index (χ0n) is 16.1. The number of likely N-dealkylation sites (tertiary alicyclic amines) is 1. The second-order valence-electron chi connectivity index (χ2n) is 8.35. The van der Waals surface area contributed by atoms with Crippen molar-refractivity contribution in [1.29, 1.82) is 0 Å².